The predicted octanol–water partition coefficient (Wildman–Crippen LogP) is 5.40. The van der Waals surface area contributed by atoms with E-state index in [1.54, 1.807) is 3.28 Å². The number of hydrogen-bond donors (Lipinski definition) is 0. The Bertz CT molecular complexity index is 1690. The third-order valence-corrected chi connectivity index (χ3v) is 17.4. The van der Waals surface area contributed by atoms with E-state index in [0.29, 0.717) is 3.63 Å². The number of rotatable bonds is 4. The van der Waals surface area contributed by atoms with Gasteiger partial charge in [-0.1, -0.05) is 0 Å². The number of halogens is 4. The zero-order valence-corrected chi connectivity index (χ0v) is 31.6. The summed E-state index contributed by atoms with van der Waals surface area (Å²) in [5.74, 6) is 0. The van der Waals surface area contributed by atoms with Gasteiger partial charge in [0.2, 0.25) is 0 Å². The van der Waals surface area contributed by atoms with Crippen molar-refractivity contribution in [1.82, 2.24) is 0 Å². The summed E-state index contributed by atoms with van der Waals surface area (Å²) in [6.45, 7) is 13.9. The fourth-order valence-electron chi connectivity index (χ4n) is 6.40. The molecule has 5 heteroatoms. The van der Waals surface area contributed by atoms with Gasteiger partial charge in [-0.15, -0.1) is 0 Å². The first kappa shape index (κ1) is 35.1. The number of fused-ring (bicyclic) bond motifs is 3. The van der Waals surface area contributed by atoms with Gasteiger partial charge in [0.25, 0.3) is 0 Å². The van der Waals surface area contributed by atoms with Crippen molar-refractivity contribution in [2.75, 3.05) is 0 Å². The standard InChI is InChI=1S/C21H25.C13H8Cl2.C5H5.2ClH.Zr/c1-20(2,3)16-9-7-14-11-15-8-10-17(21(4,5)6)13-19(15)18(14)12-16;14-12-5-1-3-10(8-12)7-11-4-2-6-13(15)9-11;1-2-4-5-3-1;;;/h7-13H,1-6H3;1-6,8-9H;1-3H,4H2;2*1H;/q;;;;;+2/p-2. The van der Waals surface area contributed by atoms with Crippen LogP contribution in [0.3, 0.4) is 0 Å². The van der Waals surface area contributed by atoms with Crippen LogP contribution in [0.1, 0.15) is 85.0 Å². The monoisotopic (exact) mass is 736 g/mol. The van der Waals surface area contributed by atoms with E-state index in [4.69, 9.17) is 23.2 Å². The molecule has 4 aromatic carbocycles. The molecule has 44 heavy (non-hydrogen) atoms. The molecule has 2 aliphatic carbocycles. The van der Waals surface area contributed by atoms with Crippen molar-refractivity contribution in [3.05, 3.63) is 150 Å². The topological polar surface area (TPSA) is 0 Å². The van der Waals surface area contributed by atoms with Crippen LogP contribution in [-0.2, 0) is 32.1 Å². The third-order valence-electron chi connectivity index (χ3n) is 8.65. The van der Waals surface area contributed by atoms with Crippen molar-refractivity contribution in [3.63, 3.8) is 0 Å². The van der Waals surface area contributed by atoms with E-state index in [1.807, 2.05) is 12.1 Å². The van der Waals surface area contributed by atoms with Crippen LogP contribution in [0, 0.1) is 0 Å². The first-order chi connectivity index (χ1) is 19.9. The molecule has 0 fully saturated rings. The Morgan fingerprint density at radius 2 is 1.14 bits per heavy atom. The Kier molecular flexibility index (Phi) is 10.8. The van der Waals surface area contributed by atoms with E-state index < -0.39 is 21.3 Å². The minimum Gasteiger partial charge on any atom is -1.00 e. The van der Waals surface area contributed by atoms with Crippen LogP contribution in [0.4, 0.5) is 0 Å². The molecule has 0 heterocycles. The fourth-order valence-corrected chi connectivity index (χ4v) is 15.8. The van der Waals surface area contributed by atoms with Crippen molar-refractivity contribution < 1.29 is 46.1 Å². The normalized spacial score (nSPS) is 13.7. The zero-order chi connectivity index (χ0) is 29.8. The smallest absolute Gasteiger partial charge is 1.00 e. The minimum absolute atomic E-state index is 0. The van der Waals surface area contributed by atoms with Crippen LogP contribution in [0.25, 0.3) is 11.1 Å². The van der Waals surface area contributed by atoms with Gasteiger partial charge in [-0.05, 0) is 0 Å². The number of benzene rings is 4. The molecule has 0 N–H and O–H groups in total. The van der Waals surface area contributed by atoms with E-state index in [0.717, 1.165) is 16.5 Å². The van der Waals surface area contributed by atoms with Gasteiger partial charge in [0.1, 0.15) is 0 Å². The molecule has 2 aliphatic rings. The van der Waals surface area contributed by atoms with Crippen molar-refractivity contribution in [2.24, 2.45) is 0 Å². The van der Waals surface area contributed by atoms with Gasteiger partial charge < -0.3 is 24.8 Å². The second-order valence-electron chi connectivity index (χ2n) is 13.7. The van der Waals surface area contributed by atoms with E-state index >= 15 is 0 Å². The van der Waals surface area contributed by atoms with E-state index in [1.165, 1.54) is 47.7 Å². The zero-order valence-electron chi connectivity index (χ0n) is 26.1. The molecule has 4 aromatic rings. The molecular weight excluding hydrogens is 701 g/mol. The predicted molar refractivity (Wildman–Crippen MR) is 179 cm³/mol. The van der Waals surface area contributed by atoms with Crippen molar-refractivity contribution in [2.45, 2.75) is 62.4 Å². The average molecular weight is 740 g/mol. The summed E-state index contributed by atoms with van der Waals surface area (Å²) < 4.78 is 3.41. The van der Waals surface area contributed by atoms with Crippen molar-refractivity contribution >= 4 is 26.4 Å². The molecule has 0 atom stereocenters. The van der Waals surface area contributed by atoms with E-state index in [2.05, 4.69) is 133 Å². The Labute approximate surface area is 293 Å². The molecule has 0 spiro atoms. The number of allylic oxidation sites excluding steroid dienone is 4. The third kappa shape index (κ3) is 6.84. The quantitative estimate of drug-likeness (QED) is 0.264. The number of hydrogen-bond acceptors (Lipinski definition) is 0. The summed E-state index contributed by atoms with van der Waals surface area (Å²) in [5.41, 5.74) is 11.1. The summed E-state index contributed by atoms with van der Waals surface area (Å²) in [6.07, 6.45) is 8.01. The Morgan fingerprint density at radius 1 is 0.659 bits per heavy atom. The molecule has 0 saturated carbocycles. The van der Waals surface area contributed by atoms with E-state index in [9.17, 15) is 0 Å². The maximum absolute atomic E-state index is 6.67. The summed E-state index contributed by atoms with van der Waals surface area (Å²) >= 11 is 10.6. The van der Waals surface area contributed by atoms with Crippen LogP contribution in [-0.4, -0.2) is 3.21 Å². The molecule has 0 aromatic heterocycles. The van der Waals surface area contributed by atoms with Crippen LogP contribution >= 0.6 is 23.2 Å². The maximum atomic E-state index is 6.67. The molecular formula is C39H38Cl4Zr. The van der Waals surface area contributed by atoms with Crippen LogP contribution in [0.2, 0.25) is 10.0 Å². The van der Waals surface area contributed by atoms with Gasteiger partial charge in [0, 0.05) is 0 Å². The molecule has 6 rings (SSSR count). The molecule has 226 valence electrons. The average Bonchev–Trinajstić information content (AvgIpc) is 3.57. The molecule has 0 radical (unpaired) electrons. The van der Waals surface area contributed by atoms with Crippen molar-refractivity contribution in [3.8, 4) is 11.1 Å². The summed E-state index contributed by atoms with van der Waals surface area (Å²) in [5, 5.41) is 1.54. The van der Waals surface area contributed by atoms with Crippen LogP contribution in [0.15, 0.2) is 106 Å². The molecule has 0 saturated heterocycles. The van der Waals surface area contributed by atoms with Gasteiger partial charge in [-0.2, -0.15) is 0 Å². The Morgan fingerprint density at radius 3 is 1.52 bits per heavy atom. The van der Waals surface area contributed by atoms with Gasteiger partial charge in [0.05, 0.1) is 0 Å². The summed E-state index contributed by atoms with van der Waals surface area (Å²) in [4.78, 5) is 0. The second kappa shape index (κ2) is 13.6. The molecule has 0 bridgehead atoms. The largest absolute Gasteiger partial charge is 1.00 e. The second-order valence-corrected chi connectivity index (χ2v) is 20.8. The Hall–Kier alpha value is -1.73. The first-order valence-electron chi connectivity index (χ1n) is 14.8. The van der Waals surface area contributed by atoms with Gasteiger partial charge in [-0.3, -0.25) is 0 Å². The SMILES string of the molecule is CC(C)(C)c1ccc2c(c1)-c1cc(C(C)(C)C)ccc1[CH]2[Zr+2]([C]1=CC=CC1)=[C](c1cccc(Cl)c1)c1cccc(Cl)c1.[Cl-].[Cl-]. The summed E-state index contributed by atoms with van der Waals surface area (Å²) in [7, 11) is 0. The van der Waals surface area contributed by atoms with Gasteiger partial charge in [-0.25, -0.2) is 0 Å². The van der Waals surface area contributed by atoms with Gasteiger partial charge >= 0.3 is 271 Å². The van der Waals surface area contributed by atoms with Crippen LogP contribution in [0.5, 0.6) is 0 Å². The maximum Gasteiger partial charge on any atom is -1.00 e. The fraction of sp³-hybridized carbons (Fsp3) is 0.256. The van der Waals surface area contributed by atoms with Crippen LogP contribution < -0.4 is 24.8 Å². The first-order valence-corrected chi connectivity index (χ1v) is 19.5. The minimum atomic E-state index is -2.79. The van der Waals surface area contributed by atoms with Gasteiger partial charge in [0.15, 0.2) is 0 Å². The molecule has 0 amide bonds. The van der Waals surface area contributed by atoms with Crippen molar-refractivity contribution in [1.29, 1.82) is 0 Å². The Balaban J connectivity index is 0.00000221. The summed E-state index contributed by atoms with van der Waals surface area (Å²) in [6, 6.07) is 31.6. The molecule has 0 aliphatic heterocycles. The molecule has 0 unspecified atom stereocenters. The molecule has 0 nitrogen and oxygen atoms in total. The van der Waals surface area contributed by atoms with E-state index in [-0.39, 0.29) is 35.6 Å².